The van der Waals surface area contributed by atoms with Crippen LogP contribution in [0.1, 0.15) is 30.4 Å². The number of fused-ring (bicyclic) bond motifs is 1. The lowest BCUT2D eigenvalue weighted by molar-refractivity contribution is 0.465. The molecule has 0 saturated carbocycles. The van der Waals surface area contributed by atoms with Crippen LogP contribution < -0.4 is 5.32 Å². The maximum absolute atomic E-state index is 5.97. The Bertz CT molecular complexity index is 467. The Kier molecular flexibility index (Phi) is 2.93. The van der Waals surface area contributed by atoms with Gasteiger partial charge in [0.2, 0.25) is 0 Å². The highest BCUT2D eigenvalue weighted by atomic mass is 35.5. The first kappa shape index (κ1) is 11.2. The van der Waals surface area contributed by atoms with E-state index in [-0.39, 0.29) is 0 Å². The van der Waals surface area contributed by atoms with Gasteiger partial charge < -0.3 is 5.32 Å². The van der Waals surface area contributed by atoms with E-state index in [1.807, 2.05) is 13.1 Å². The first-order chi connectivity index (χ1) is 8.24. The lowest BCUT2D eigenvalue weighted by atomic mass is 9.84. The zero-order valence-corrected chi connectivity index (χ0v) is 10.8. The number of rotatable bonds is 1. The van der Waals surface area contributed by atoms with Crippen molar-refractivity contribution < 1.29 is 0 Å². The molecule has 3 heteroatoms. The van der Waals surface area contributed by atoms with E-state index in [0.29, 0.717) is 11.2 Å². The minimum atomic E-state index is 0.578. The Morgan fingerprint density at radius 1 is 1.41 bits per heavy atom. The van der Waals surface area contributed by atoms with Crippen LogP contribution in [0.15, 0.2) is 18.3 Å². The summed E-state index contributed by atoms with van der Waals surface area (Å²) in [4.78, 5) is 4.24. The molecule has 0 radical (unpaired) electrons. The minimum absolute atomic E-state index is 0.578. The van der Waals surface area contributed by atoms with Crippen molar-refractivity contribution in [3.05, 3.63) is 34.6 Å². The molecule has 3 rings (SSSR count). The van der Waals surface area contributed by atoms with E-state index >= 15 is 0 Å². The van der Waals surface area contributed by atoms with Gasteiger partial charge in [-0.05, 0) is 61.4 Å². The summed E-state index contributed by atoms with van der Waals surface area (Å²) >= 11 is 5.97. The normalized spacial score (nSPS) is 27.8. The average molecular weight is 249 g/mol. The number of pyridine rings is 1. The molecule has 1 saturated heterocycles. The van der Waals surface area contributed by atoms with Crippen molar-refractivity contribution in [2.75, 3.05) is 6.54 Å². The topological polar surface area (TPSA) is 24.9 Å². The van der Waals surface area contributed by atoms with Gasteiger partial charge in [0.05, 0.1) is 0 Å². The van der Waals surface area contributed by atoms with Crippen molar-refractivity contribution in [2.24, 2.45) is 5.92 Å². The molecule has 1 N–H and O–H groups in total. The molecule has 0 aromatic carbocycles. The molecule has 1 aromatic heterocycles. The van der Waals surface area contributed by atoms with Gasteiger partial charge in [0.15, 0.2) is 0 Å². The van der Waals surface area contributed by atoms with Crippen molar-refractivity contribution in [2.45, 2.75) is 32.2 Å². The average Bonchev–Trinajstić information content (AvgIpc) is 2.79. The molecule has 2 heterocycles. The molecule has 2 atom stereocenters. The summed E-state index contributed by atoms with van der Waals surface area (Å²) in [6, 6.07) is 2.73. The first-order valence-electron chi connectivity index (χ1n) is 6.30. The van der Waals surface area contributed by atoms with E-state index in [0.717, 1.165) is 18.0 Å². The Morgan fingerprint density at radius 3 is 3.12 bits per heavy atom. The van der Waals surface area contributed by atoms with Crippen LogP contribution in [-0.4, -0.2) is 17.6 Å². The number of allylic oxidation sites excluding steroid dienone is 1. The van der Waals surface area contributed by atoms with Crippen LogP contribution >= 0.6 is 11.6 Å². The van der Waals surface area contributed by atoms with Gasteiger partial charge in [-0.3, -0.25) is 0 Å². The van der Waals surface area contributed by atoms with E-state index in [1.54, 1.807) is 0 Å². The molecule has 0 amide bonds. The molecule has 90 valence electrons. The third kappa shape index (κ3) is 2.12. The molecule has 1 aromatic rings. The highest BCUT2D eigenvalue weighted by Crippen LogP contribution is 2.34. The number of nitrogens with one attached hydrogen (secondary N) is 1. The van der Waals surface area contributed by atoms with Crippen LogP contribution in [0.2, 0.25) is 5.15 Å². The van der Waals surface area contributed by atoms with Crippen LogP contribution in [0.3, 0.4) is 0 Å². The van der Waals surface area contributed by atoms with Crippen LogP contribution in [0, 0.1) is 12.8 Å². The van der Waals surface area contributed by atoms with Crippen molar-refractivity contribution in [1.29, 1.82) is 0 Å². The minimum Gasteiger partial charge on any atom is -0.310 e. The fraction of sp³-hybridized carbons (Fsp3) is 0.500. The van der Waals surface area contributed by atoms with Crippen LogP contribution in [0.25, 0.3) is 5.57 Å². The number of halogens is 1. The van der Waals surface area contributed by atoms with Gasteiger partial charge in [0, 0.05) is 12.2 Å². The highest BCUT2D eigenvalue weighted by molar-refractivity contribution is 6.30. The number of nitrogens with zero attached hydrogens (tertiary/aromatic N) is 1. The Labute approximate surface area is 107 Å². The summed E-state index contributed by atoms with van der Waals surface area (Å²) in [5.41, 5.74) is 3.72. The van der Waals surface area contributed by atoms with Crippen molar-refractivity contribution in [3.8, 4) is 0 Å². The smallest absolute Gasteiger partial charge is 0.131 e. The molecule has 17 heavy (non-hydrogen) atoms. The van der Waals surface area contributed by atoms with Crippen molar-refractivity contribution in [3.63, 3.8) is 0 Å². The molecule has 2 aliphatic rings. The van der Waals surface area contributed by atoms with E-state index in [2.05, 4.69) is 22.4 Å². The molecule has 0 bridgehead atoms. The second-order valence-electron chi connectivity index (χ2n) is 5.09. The van der Waals surface area contributed by atoms with E-state index in [1.165, 1.54) is 30.4 Å². The molecule has 0 unspecified atom stereocenters. The lowest BCUT2D eigenvalue weighted by Gasteiger charge is -2.24. The van der Waals surface area contributed by atoms with E-state index in [9.17, 15) is 0 Å². The van der Waals surface area contributed by atoms with Gasteiger partial charge in [-0.25, -0.2) is 4.98 Å². The quantitative estimate of drug-likeness (QED) is 0.772. The van der Waals surface area contributed by atoms with E-state index in [4.69, 9.17) is 11.6 Å². The molecule has 2 nitrogen and oxygen atoms in total. The molecular weight excluding hydrogens is 232 g/mol. The predicted molar refractivity (Wildman–Crippen MR) is 71.1 cm³/mol. The fourth-order valence-corrected chi connectivity index (χ4v) is 3.02. The van der Waals surface area contributed by atoms with Crippen LogP contribution in [-0.2, 0) is 0 Å². The largest absolute Gasteiger partial charge is 0.310 e. The zero-order valence-electron chi connectivity index (χ0n) is 10.0. The summed E-state index contributed by atoms with van der Waals surface area (Å²) in [5, 5.41) is 4.17. The SMILES string of the molecule is Cc1cc(C2=C[C@H]3NCC[C@H]3CC2)cnc1Cl. The summed E-state index contributed by atoms with van der Waals surface area (Å²) in [7, 11) is 0. The van der Waals surface area contributed by atoms with E-state index < -0.39 is 0 Å². The summed E-state index contributed by atoms with van der Waals surface area (Å²) in [6.45, 7) is 3.18. The van der Waals surface area contributed by atoms with Gasteiger partial charge in [-0.2, -0.15) is 0 Å². The number of hydrogen-bond donors (Lipinski definition) is 1. The lowest BCUT2D eigenvalue weighted by Crippen LogP contribution is -2.27. The molecule has 1 aliphatic carbocycles. The fourth-order valence-electron chi connectivity index (χ4n) is 2.92. The third-order valence-electron chi connectivity index (χ3n) is 3.95. The highest BCUT2D eigenvalue weighted by Gasteiger charge is 2.28. The molecule has 1 fully saturated rings. The maximum Gasteiger partial charge on any atom is 0.131 e. The number of hydrogen-bond acceptors (Lipinski definition) is 2. The summed E-state index contributed by atoms with van der Waals surface area (Å²) in [6.07, 6.45) is 8.09. The molecular formula is C14H17ClN2. The second-order valence-corrected chi connectivity index (χ2v) is 5.45. The van der Waals surface area contributed by atoms with Gasteiger partial charge >= 0.3 is 0 Å². The molecule has 1 aliphatic heterocycles. The summed E-state index contributed by atoms with van der Waals surface area (Å²) < 4.78 is 0. The van der Waals surface area contributed by atoms with Crippen LogP contribution in [0.4, 0.5) is 0 Å². The molecule has 0 spiro atoms. The standard InChI is InChI=1S/C14H17ClN2/c1-9-6-12(8-17-14(9)15)11-3-2-10-4-5-16-13(10)7-11/h6-8,10,13,16H,2-5H2,1H3/t10-,13-/m1/s1. The van der Waals surface area contributed by atoms with Crippen LogP contribution in [0.5, 0.6) is 0 Å². The Hall–Kier alpha value is -0.860. The van der Waals surface area contributed by atoms with Gasteiger partial charge in [0.1, 0.15) is 5.15 Å². The monoisotopic (exact) mass is 248 g/mol. The third-order valence-corrected chi connectivity index (χ3v) is 4.35. The predicted octanol–water partition coefficient (Wildman–Crippen LogP) is 3.20. The number of aromatic nitrogens is 1. The van der Waals surface area contributed by atoms with Crippen molar-refractivity contribution in [1.82, 2.24) is 10.3 Å². The summed E-state index contributed by atoms with van der Waals surface area (Å²) in [5.74, 6) is 0.847. The second kappa shape index (κ2) is 4.43. The maximum atomic E-state index is 5.97. The Balaban J connectivity index is 1.91. The Morgan fingerprint density at radius 2 is 2.29 bits per heavy atom. The van der Waals surface area contributed by atoms with Gasteiger partial charge in [-0.1, -0.05) is 17.7 Å². The first-order valence-corrected chi connectivity index (χ1v) is 6.68. The zero-order chi connectivity index (χ0) is 11.8. The van der Waals surface area contributed by atoms with Crippen molar-refractivity contribution >= 4 is 17.2 Å². The number of aryl methyl sites for hydroxylation is 1. The van der Waals surface area contributed by atoms with Gasteiger partial charge in [-0.15, -0.1) is 0 Å². The van der Waals surface area contributed by atoms with Gasteiger partial charge in [0.25, 0.3) is 0 Å².